The monoisotopic (exact) mass is 668 g/mol. The highest BCUT2D eigenvalue weighted by molar-refractivity contribution is 7.89. The molecule has 1 saturated heterocycles. The Balaban J connectivity index is 1.48. The minimum absolute atomic E-state index is 0.0535. The van der Waals surface area contributed by atoms with Gasteiger partial charge in [0.25, 0.3) is 5.91 Å². The Bertz CT molecular complexity index is 1650. The summed E-state index contributed by atoms with van der Waals surface area (Å²) in [5.41, 5.74) is -0.503. The number of anilines is 1. The Morgan fingerprint density at radius 2 is 1.74 bits per heavy atom. The van der Waals surface area contributed by atoms with Crippen LogP contribution in [0.5, 0.6) is 5.75 Å². The SMILES string of the molecule is COc1cncc(Cl)c1C(=O)Nc1ccc(CC(NC(=O)C2(C)CCCN2S(=O)(=O)c2cc(Cl)cc(Cl)c2)C(=O)O)cc1. The topological polar surface area (TPSA) is 155 Å². The van der Waals surface area contributed by atoms with Crippen molar-refractivity contribution in [3.8, 4) is 5.75 Å². The second-order valence-corrected chi connectivity index (χ2v) is 13.1. The third kappa shape index (κ3) is 7.05. The van der Waals surface area contributed by atoms with E-state index in [1.165, 1.54) is 44.6 Å². The number of carboxylic acids is 1. The number of halogens is 3. The number of sulfonamides is 1. The first-order valence-corrected chi connectivity index (χ1v) is 15.4. The van der Waals surface area contributed by atoms with Gasteiger partial charge in [-0.2, -0.15) is 4.31 Å². The van der Waals surface area contributed by atoms with Crippen LogP contribution in [0.4, 0.5) is 5.69 Å². The number of pyridine rings is 1. The van der Waals surface area contributed by atoms with Gasteiger partial charge in [-0.1, -0.05) is 46.9 Å². The van der Waals surface area contributed by atoms with Gasteiger partial charge in [0.15, 0.2) is 5.75 Å². The van der Waals surface area contributed by atoms with Crippen LogP contribution in [0, 0.1) is 0 Å². The highest BCUT2D eigenvalue weighted by Gasteiger charge is 2.50. The summed E-state index contributed by atoms with van der Waals surface area (Å²) in [5.74, 6) is -2.39. The summed E-state index contributed by atoms with van der Waals surface area (Å²) in [6.07, 6.45) is 3.14. The van der Waals surface area contributed by atoms with Gasteiger partial charge in [-0.25, -0.2) is 13.2 Å². The predicted octanol–water partition coefficient (Wildman–Crippen LogP) is 4.66. The van der Waals surface area contributed by atoms with Gasteiger partial charge < -0.3 is 20.5 Å². The molecule has 4 rings (SSSR count). The number of carbonyl (C=O) groups is 3. The van der Waals surface area contributed by atoms with Crippen LogP contribution in [0.3, 0.4) is 0 Å². The van der Waals surface area contributed by atoms with Gasteiger partial charge in [0.2, 0.25) is 15.9 Å². The molecule has 15 heteroatoms. The lowest BCUT2D eigenvalue weighted by atomic mass is 9.97. The van der Waals surface area contributed by atoms with E-state index >= 15 is 0 Å². The van der Waals surface area contributed by atoms with E-state index in [4.69, 9.17) is 39.5 Å². The maximum atomic E-state index is 13.5. The molecule has 2 aromatic carbocycles. The van der Waals surface area contributed by atoms with Gasteiger partial charge >= 0.3 is 5.97 Å². The normalized spacial score (nSPS) is 17.7. The molecule has 2 atom stereocenters. The molecule has 0 spiro atoms. The number of rotatable bonds is 10. The first-order chi connectivity index (χ1) is 20.3. The molecule has 3 N–H and O–H groups in total. The minimum Gasteiger partial charge on any atom is -0.494 e. The molecule has 0 saturated carbocycles. The molecule has 0 bridgehead atoms. The van der Waals surface area contributed by atoms with E-state index in [0.29, 0.717) is 17.7 Å². The standard InChI is InChI=1S/C28H27Cl3N4O7S/c1-28(8-3-9-35(28)43(40,41)20-12-17(29)11-18(30)13-20)27(39)34-22(26(37)38)10-16-4-6-19(7-5-16)33-25(36)24-21(31)14-32-15-23(24)42-2/h4-7,11-15,22H,3,8-10H2,1-2H3,(H,33,36)(H,34,39)(H,37,38). The first-order valence-electron chi connectivity index (χ1n) is 12.9. The molecular weight excluding hydrogens is 643 g/mol. The Kier molecular flexibility index (Phi) is 9.87. The summed E-state index contributed by atoms with van der Waals surface area (Å²) in [6.45, 7) is 1.51. The number of hydrogen-bond donors (Lipinski definition) is 3. The van der Waals surface area contributed by atoms with Crippen LogP contribution >= 0.6 is 34.8 Å². The van der Waals surface area contributed by atoms with Gasteiger partial charge in [0.05, 0.1) is 23.2 Å². The fourth-order valence-electron chi connectivity index (χ4n) is 4.81. The first kappa shape index (κ1) is 32.5. The van der Waals surface area contributed by atoms with Gasteiger partial charge in [-0.15, -0.1) is 0 Å². The maximum absolute atomic E-state index is 13.5. The molecule has 0 radical (unpaired) electrons. The lowest BCUT2D eigenvalue weighted by molar-refractivity contribution is -0.143. The van der Waals surface area contributed by atoms with E-state index in [1.54, 1.807) is 24.3 Å². The quantitative estimate of drug-likeness (QED) is 0.282. The average molecular weight is 670 g/mol. The number of amides is 2. The number of nitrogens with zero attached hydrogens (tertiary/aromatic N) is 2. The molecule has 1 aromatic heterocycles. The van der Waals surface area contributed by atoms with Gasteiger partial charge in [0, 0.05) is 34.9 Å². The van der Waals surface area contributed by atoms with Gasteiger partial charge in [-0.3, -0.25) is 14.6 Å². The molecule has 1 aliphatic rings. The van der Waals surface area contributed by atoms with E-state index < -0.39 is 39.4 Å². The van der Waals surface area contributed by atoms with Crippen LogP contribution in [0.25, 0.3) is 0 Å². The fraction of sp³-hybridized carbons (Fsp3) is 0.286. The second kappa shape index (κ2) is 13.1. The highest BCUT2D eigenvalue weighted by atomic mass is 35.5. The number of methoxy groups -OCH3 is 1. The average Bonchev–Trinajstić information content (AvgIpc) is 3.36. The molecule has 228 valence electrons. The number of ether oxygens (including phenoxy) is 1. The highest BCUT2D eigenvalue weighted by Crippen LogP contribution is 2.36. The third-order valence-electron chi connectivity index (χ3n) is 7.06. The molecular formula is C28H27Cl3N4O7S. The van der Waals surface area contributed by atoms with Crippen molar-refractivity contribution in [2.45, 2.75) is 42.7 Å². The molecule has 3 aromatic rings. The number of aliphatic carboxylic acids is 1. The van der Waals surface area contributed by atoms with Crippen molar-refractivity contribution in [2.24, 2.45) is 0 Å². The summed E-state index contributed by atoms with van der Waals surface area (Å²) in [4.78, 5) is 42.1. The number of benzene rings is 2. The van der Waals surface area contributed by atoms with Crippen LogP contribution in [-0.4, -0.2) is 65.8 Å². The molecule has 2 amide bonds. The van der Waals surface area contributed by atoms with Crippen molar-refractivity contribution >= 4 is 68.3 Å². The summed E-state index contributed by atoms with van der Waals surface area (Å²) in [5, 5.41) is 15.4. The molecule has 1 aliphatic heterocycles. The fourth-order valence-corrected chi connectivity index (χ4v) is 7.59. The number of nitrogens with one attached hydrogen (secondary N) is 2. The van der Waals surface area contributed by atoms with Crippen molar-refractivity contribution in [3.63, 3.8) is 0 Å². The van der Waals surface area contributed by atoms with Crippen molar-refractivity contribution in [1.29, 1.82) is 0 Å². The lowest BCUT2D eigenvalue weighted by Crippen LogP contribution is -2.58. The molecule has 43 heavy (non-hydrogen) atoms. The summed E-state index contributed by atoms with van der Waals surface area (Å²) >= 11 is 18.1. The van der Waals surface area contributed by atoms with Crippen LogP contribution in [0.1, 0.15) is 35.7 Å². The van der Waals surface area contributed by atoms with E-state index in [2.05, 4.69) is 15.6 Å². The third-order valence-corrected chi connectivity index (χ3v) is 9.78. The summed E-state index contributed by atoms with van der Waals surface area (Å²) < 4.78 is 33.2. The van der Waals surface area contributed by atoms with E-state index in [9.17, 15) is 27.9 Å². The molecule has 0 aliphatic carbocycles. The second-order valence-electron chi connectivity index (χ2n) is 9.98. The zero-order chi connectivity index (χ0) is 31.5. The number of hydrogen-bond acceptors (Lipinski definition) is 7. The molecule has 2 heterocycles. The zero-order valence-electron chi connectivity index (χ0n) is 22.9. The molecule has 1 fully saturated rings. The Morgan fingerprint density at radius 3 is 2.35 bits per heavy atom. The van der Waals surface area contributed by atoms with E-state index in [1.807, 2.05) is 0 Å². The van der Waals surface area contributed by atoms with Crippen LogP contribution < -0.4 is 15.4 Å². The lowest BCUT2D eigenvalue weighted by Gasteiger charge is -2.34. The largest absolute Gasteiger partial charge is 0.494 e. The molecule has 11 nitrogen and oxygen atoms in total. The van der Waals surface area contributed by atoms with Crippen LogP contribution in [-0.2, 0) is 26.0 Å². The number of carbonyl (C=O) groups excluding carboxylic acids is 2. The molecule has 2 unspecified atom stereocenters. The maximum Gasteiger partial charge on any atom is 0.326 e. The Morgan fingerprint density at radius 1 is 1.09 bits per heavy atom. The summed E-state index contributed by atoms with van der Waals surface area (Å²) in [7, 11) is -2.81. The van der Waals surface area contributed by atoms with Crippen LogP contribution in [0.2, 0.25) is 15.1 Å². The van der Waals surface area contributed by atoms with E-state index in [0.717, 1.165) is 4.31 Å². The van der Waals surface area contributed by atoms with Gasteiger partial charge in [-0.05, 0) is 55.7 Å². The van der Waals surface area contributed by atoms with Crippen molar-refractivity contribution in [1.82, 2.24) is 14.6 Å². The van der Waals surface area contributed by atoms with Crippen molar-refractivity contribution in [3.05, 3.63) is 81.1 Å². The smallest absolute Gasteiger partial charge is 0.326 e. The zero-order valence-corrected chi connectivity index (χ0v) is 26.0. The Labute approximate surface area is 263 Å². The number of aromatic nitrogens is 1. The van der Waals surface area contributed by atoms with Crippen molar-refractivity contribution < 1.29 is 32.6 Å². The van der Waals surface area contributed by atoms with Crippen molar-refractivity contribution in [2.75, 3.05) is 19.0 Å². The summed E-state index contributed by atoms with van der Waals surface area (Å²) in [6, 6.07) is 8.84. The predicted molar refractivity (Wildman–Crippen MR) is 161 cm³/mol. The van der Waals surface area contributed by atoms with Crippen LogP contribution in [0.15, 0.2) is 59.8 Å². The minimum atomic E-state index is -4.19. The number of carboxylic acid groups (broad SMARTS) is 1. The van der Waals surface area contributed by atoms with E-state index in [-0.39, 0.29) is 50.7 Å². The van der Waals surface area contributed by atoms with Gasteiger partial charge in [0.1, 0.15) is 17.1 Å². The Hall–Kier alpha value is -3.42.